The first-order valence-electron chi connectivity index (χ1n) is 5.74. The summed E-state index contributed by atoms with van der Waals surface area (Å²) in [5, 5.41) is 3.77. The average molecular weight is 187 g/mol. The number of benzene rings is 1. The summed E-state index contributed by atoms with van der Waals surface area (Å²) in [6.07, 6.45) is 5.63. The number of hydrogen-bond acceptors (Lipinski definition) is 1. The van der Waals surface area contributed by atoms with Gasteiger partial charge in [-0.25, -0.2) is 0 Å². The molecule has 1 heterocycles. The highest BCUT2D eigenvalue weighted by atomic mass is 15.0. The number of nitrogens with one attached hydrogen (secondary N) is 1. The Labute approximate surface area is 85.5 Å². The second-order valence-corrected chi connectivity index (χ2v) is 4.68. The Morgan fingerprint density at radius 2 is 1.93 bits per heavy atom. The van der Waals surface area contributed by atoms with Crippen molar-refractivity contribution in [3.8, 4) is 0 Å². The van der Waals surface area contributed by atoms with Crippen LogP contribution in [0.25, 0.3) is 0 Å². The van der Waals surface area contributed by atoms with Crippen molar-refractivity contribution < 1.29 is 0 Å². The molecule has 0 amide bonds. The lowest BCUT2D eigenvalue weighted by Gasteiger charge is -2.19. The highest BCUT2D eigenvalue weighted by molar-refractivity contribution is 5.21. The number of hydrogen-bond donors (Lipinski definition) is 1. The van der Waals surface area contributed by atoms with E-state index in [2.05, 4.69) is 35.6 Å². The van der Waals surface area contributed by atoms with Crippen LogP contribution in [0.15, 0.2) is 30.3 Å². The van der Waals surface area contributed by atoms with Crippen molar-refractivity contribution in [1.82, 2.24) is 5.32 Å². The van der Waals surface area contributed by atoms with E-state index in [0.717, 1.165) is 12.0 Å². The summed E-state index contributed by atoms with van der Waals surface area (Å²) >= 11 is 0. The molecule has 1 saturated heterocycles. The van der Waals surface area contributed by atoms with Crippen LogP contribution in [0.4, 0.5) is 0 Å². The van der Waals surface area contributed by atoms with E-state index in [1.807, 2.05) is 0 Å². The van der Waals surface area contributed by atoms with Crippen LogP contribution >= 0.6 is 0 Å². The zero-order valence-electron chi connectivity index (χ0n) is 8.45. The van der Waals surface area contributed by atoms with Gasteiger partial charge in [0.2, 0.25) is 0 Å². The summed E-state index contributed by atoms with van der Waals surface area (Å²) in [6.45, 7) is 0. The Morgan fingerprint density at radius 3 is 2.71 bits per heavy atom. The van der Waals surface area contributed by atoms with E-state index >= 15 is 0 Å². The summed E-state index contributed by atoms with van der Waals surface area (Å²) in [5.41, 5.74) is 1.49. The zero-order valence-corrected chi connectivity index (χ0v) is 8.45. The third-order valence-corrected chi connectivity index (χ3v) is 3.76. The van der Waals surface area contributed by atoms with Crippen molar-refractivity contribution in [3.63, 3.8) is 0 Å². The van der Waals surface area contributed by atoms with Crippen LogP contribution in [0, 0.1) is 5.92 Å². The average Bonchev–Trinajstić information content (AvgIpc) is 2.55. The molecule has 0 aromatic heterocycles. The van der Waals surface area contributed by atoms with Crippen LogP contribution in [0.1, 0.15) is 37.3 Å². The monoisotopic (exact) mass is 187 g/mol. The Balaban J connectivity index is 1.86. The maximum absolute atomic E-state index is 3.77. The van der Waals surface area contributed by atoms with Crippen molar-refractivity contribution in [2.24, 2.45) is 5.92 Å². The number of rotatable bonds is 1. The van der Waals surface area contributed by atoms with Gasteiger partial charge in [0.05, 0.1) is 0 Å². The highest BCUT2D eigenvalue weighted by Gasteiger charge is 2.36. The molecule has 1 aliphatic carbocycles. The van der Waals surface area contributed by atoms with Gasteiger partial charge in [-0.15, -0.1) is 0 Å². The first-order valence-corrected chi connectivity index (χ1v) is 5.74. The minimum Gasteiger partial charge on any atom is -0.307 e. The molecule has 3 rings (SSSR count). The van der Waals surface area contributed by atoms with Crippen molar-refractivity contribution in [1.29, 1.82) is 0 Å². The van der Waals surface area contributed by atoms with Crippen molar-refractivity contribution in [2.75, 3.05) is 0 Å². The molecule has 0 radical (unpaired) electrons. The molecule has 1 aromatic carbocycles. The molecule has 1 saturated carbocycles. The quantitative estimate of drug-likeness (QED) is 0.713. The van der Waals surface area contributed by atoms with Crippen LogP contribution < -0.4 is 5.32 Å². The van der Waals surface area contributed by atoms with Crippen LogP contribution in [-0.2, 0) is 0 Å². The zero-order chi connectivity index (χ0) is 9.38. The van der Waals surface area contributed by atoms with E-state index in [1.165, 1.54) is 31.2 Å². The fourth-order valence-electron chi connectivity index (χ4n) is 3.10. The first-order chi connectivity index (χ1) is 6.93. The van der Waals surface area contributed by atoms with Crippen LogP contribution in [-0.4, -0.2) is 6.04 Å². The lowest BCUT2D eigenvalue weighted by molar-refractivity contribution is 0.387. The molecule has 74 valence electrons. The van der Waals surface area contributed by atoms with Crippen molar-refractivity contribution >= 4 is 0 Å². The summed E-state index contributed by atoms with van der Waals surface area (Å²) < 4.78 is 0. The van der Waals surface area contributed by atoms with Gasteiger partial charge >= 0.3 is 0 Å². The van der Waals surface area contributed by atoms with Crippen molar-refractivity contribution in [3.05, 3.63) is 35.9 Å². The van der Waals surface area contributed by atoms with Gasteiger partial charge in [-0.05, 0) is 30.7 Å². The minimum absolute atomic E-state index is 0.642. The molecule has 14 heavy (non-hydrogen) atoms. The van der Waals surface area contributed by atoms with Gasteiger partial charge in [0, 0.05) is 12.1 Å². The van der Waals surface area contributed by atoms with E-state index in [9.17, 15) is 0 Å². The third kappa shape index (κ3) is 1.36. The Bertz CT molecular complexity index is 306. The predicted octanol–water partition coefficient (Wildman–Crippen LogP) is 2.89. The molecule has 0 spiro atoms. The smallest absolute Gasteiger partial charge is 0.0351 e. The van der Waals surface area contributed by atoms with E-state index in [1.54, 1.807) is 0 Å². The Kier molecular flexibility index (Phi) is 2.06. The van der Waals surface area contributed by atoms with Crippen LogP contribution in [0.2, 0.25) is 0 Å². The normalized spacial score (nSPS) is 35.9. The largest absolute Gasteiger partial charge is 0.307 e. The van der Waals surface area contributed by atoms with Gasteiger partial charge in [-0.2, -0.15) is 0 Å². The lowest BCUT2D eigenvalue weighted by atomic mass is 9.85. The molecule has 2 bridgehead atoms. The molecule has 1 heteroatoms. The SMILES string of the molecule is c1ccc(C2NC3CCCC2C3)cc1. The van der Waals surface area contributed by atoms with Gasteiger partial charge in [0.15, 0.2) is 0 Å². The van der Waals surface area contributed by atoms with E-state index in [4.69, 9.17) is 0 Å². The van der Waals surface area contributed by atoms with Crippen LogP contribution in [0.3, 0.4) is 0 Å². The van der Waals surface area contributed by atoms with E-state index in [0.29, 0.717) is 6.04 Å². The topological polar surface area (TPSA) is 12.0 Å². The van der Waals surface area contributed by atoms with Crippen LogP contribution in [0.5, 0.6) is 0 Å². The first kappa shape index (κ1) is 8.49. The summed E-state index contributed by atoms with van der Waals surface area (Å²) in [6, 6.07) is 12.4. The summed E-state index contributed by atoms with van der Waals surface area (Å²) in [4.78, 5) is 0. The highest BCUT2D eigenvalue weighted by Crippen LogP contribution is 2.40. The second kappa shape index (κ2) is 3.39. The Morgan fingerprint density at radius 1 is 1.07 bits per heavy atom. The maximum Gasteiger partial charge on any atom is 0.0351 e. The molecular formula is C13H17N. The molecule has 3 atom stereocenters. The predicted molar refractivity (Wildman–Crippen MR) is 58.1 cm³/mol. The molecular weight excluding hydrogens is 170 g/mol. The van der Waals surface area contributed by atoms with E-state index in [-0.39, 0.29) is 0 Å². The molecule has 1 nitrogen and oxygen atoms in total. The van der Waals surface area contributed by atoms with Gasteiger partial charge in [0.25, 0.3) is 0 Å². The van der Waals surface area contributed by atoms with E-state index < -0.39 is 0 Å². The molecule has 1 aromatic rings. The second-order valence-electron chi connectivity index (χ2n) is 4.68. The molecule has 2 aliphatic rings. The molecule has 3 unspecified atom stereocenters. The Hall–Kier alpha value is -0.820. The van der Waals surface area contributed by atoms with Crippen molar-refractivity contribution in [2.45, 2.75) is 37.8 Å². The molecule has 1 aliphatic heterocycles. The summed E-state index contributed by atoms with van der Waals surface area (Å²) in [5.74, 6) is 0.899. The standard InChI is InChI=1S/C13H17N/c1-2-5-10(6-3-1)13-11-7-4-8-12(9-11)14-13/h1-3,5-6,11-14H,4,7-9H2. The third-order valence-electron chi connectivity index (χ3n) is 3.76. The molecule has 2 fully saturated rings. The van der Waals surface area contributed by atoms with Gasteiger partial charge < -0.3 is 5.32 Å². The molecule has 1 N–H and O–H groups in total. The summed E-state index contributed by atoms with van der Waals surface area (Å²) in [7, 11) is 0. The van der Waals surface area contributed by atoms with Gasteiger partial charge in [-0.3, -0.25) is 0 Å². The van der Waals surface area contributed by atoms with Gasteiger partial charge in [-0.1, -0.05) is 36.8 Å². The lowest BCUT2D eigenvalue weighted by Crippen LogP contribution is -2.23. The minimum atomic E-state index is 0.642. The maximum atomic E-state index is 3.77. The number of fused-ring (bicyclic) bond motifs is 2. The fourth-order valence-corrected chi connectivity index (χ4v) is 3.10. The fraction of sp³-hybridized carbons (Fsp3) is 0.538. The van der Waals surface area contributed by atoms with Gasteiger partial charge in [0.1, 0.15) is 0 Å².